The molecule has 2 N–H and O–H groups in total. The largest absolute Gasteiger partial charge is 0.495 e. The first-order valence-corrected chi connectivity index (χ1v) is 6.00. The van der Waals surface area contributed by atoms with Gasteiger partial charge in [0.1, 0.15) is 5.75 Å². The van der Waals surface area contributed by atoms with Crippen molar-refractivity contribution in [3.05, 3.63) is 28.3 Å². The van der Waals surface area contributed by atoms with Crippen LogP contribution < -0.4 is 15.4 Å². The summed E-state index contributed by atoms with van der Waals surface area (Å²) in [6, 6.07) is 4.88. The highest BCUT2D eigenvalue weighted by Gasteiger charge is 2.17. The third-order valence-electron chi connectivity index (χ3n) is 3.05. The van der Waals surface area contributed by atoms with Crippen molar-refractivity contribution >= 4 is 11.4 Å². The summed E-state index contributed by atoms with van der Waals surface area (Å²) in [5.41, 5.74) is 0.752. The van der Waals surface area contributed by atoms with E-state index in [1.54, 1.807) is 13.2 Å². The monoisotopic (exact) mass is 251 g/mol. The van der Waals surface area contributed by atoms with Crippen molar-refractivity contribution in [2.75, 3.05) is 25.5 Å². The van der Waals surface area contributed by atoms with Gasteiger partial charge in [-0.25, -0.2) is 0 Å². The Kier molecular flexibility index (Phi) is 3.99. The molecule has 0 radical (unpaired) electrons. The highest BCUT2D eigenvalue weighted by Crippen LogP contribution is 2.29. The predicted octanol–water partition coefficient (Wildman–Crippen LogP) is 1.77. The van der Waals surface area contributed by atoms with Gasteiger partial charge < -0.3 is 15.4 Å². The van der Waals surface area contributed by atoms with E-state index in [1.165, 1.54) is 12.1 Å². The number of non-ortho nitro benzene ring substituents is 1. The third kappa shape index (κ3) is 2.89. The van der Waals surface area contributed by atoms with Gasteiger partial charge in [0.05, 0.1) is 17.7 Å². The number of nitro groups is 1. The van der Waals surface area contributed by atoms with E-state index in [1.807, 2.05) is 0 Å². The Morgan fingerprint density at radius 3 is 3.00 bits per heavy atom. The van der Waals surface area contributed by atoms with Crippen LogP contribution in [0.5, 0.6) is 5.75 Å². The maximum atomic E-state index is 10.8. The Morgan fingerprint density at radius 2 is 2.39 bits per heavy atom. The van der Waals surface area contributed by atoms with Crippen molar-refractivity contribution in [3.8, 4) is 5.75 Å². The van der Waals surface area contributed by atoms with Crippen LogP contribution in [0.15, 0.2) is 18.2 Å². The summed E-state index contributed by atoms with van der Waals surface area (Å²) < 4.78 is 5.22. The van der Waals surface area contributed by atoms with Crippen LogP contribution in [0.4, 0.5) is 11.4 Å². The van der Waals surface area contributed by atoms with E-state index in [2.05, 4.69) is 10.6 Å². The summed E-state index contributed by atoms with van der Waals surface area (Å²) in [6.07, 6.45) is 2.16. The Morgan fingerprint density at radius 1 is 1.56 bits per heavy atom. The molecule has 0 spiro atoms. The number of nitro benzene ring substituents is 1. The lowest BCUT2D eigenvalue weighted by Crippen LogP contribution is -2.38. The van der Waals surface area contributed by atoms with Gasteiger partial charge in [-0.2, -0.15) is 0 Å². The standard InChI is InChI=1S/C12H17N3O3/c1-18-12-5-4-10(15(16)17)7-11(12)14-9-3-2-6-13-8-9/h4-5,7,9,13-14H,2-3,6,8H2,1H3. The van der Waals surface area contributed by atoms with Gasteiger partial charge in [-0.1, -0.05) is 0 Å². The summed E-state index contributed by atoms with van der Waals surface area (Å²) in [7, 11) is 1.56. The van der Waals surface area contributed by atoms with E-state index in [4.69, 9.17) is 4.74 Å². The van der Waals surface area contributed by atoms with Crippen molar-refractivity contribution in [1.29, 1.82) is 0 Å². The van der Waals surface area contributed by atoms with Gasteiger partial charge in [0, 0.05) is 24.7 Å². The van der Waals surface area contributed by atoms with Crippen LogP contribution in [0.3, 0.4) is 0 Å². The van der Waals surface area contributed by atoms with E-state index in [0.717, 1.165) is 25.9 Å². The van der Waals surface area contributed by atoms with Crippen molar-refractivity contribution < 1.29 is 9.66 Å². The number of piperidine rings is 1. The molecule has 0 amide bonds. The molecule has 2 rings (SSSR count). The molecule has 0 aromatic heterocycles. The minimum Gasteiger partial charge on any atom is -0.495 e. The Balaban J connectivity index is 2.17. The predicted molar refractivity (Wildman–Crippen MR) is 69.2 cm³/mol. The fraction of sp³-hybridized carbons (Fsp3) is 0.500. The van der Waals surface area contributed by atoms with Gasteiger partial charge in [0.15, 0.2) is 0 Å². The number of hydrogen-bond acceptors (Lipinski definition) is 5. The van der Waals surface area contributed by atoms with Gasteiger partial charge in [0.25, 0.3) is 5.69 Å². The Hall–Kier alpha value is -1.82. The maximum Gasteiger partial charge on any atom is 0.271 e. The number of hydrogen-bond donors (Lipinski definition) is 2. The quantitative estimate of drug-likeness (QED) is 0.630. The van der Waals surface area contributed by atoms with Crippen LogP contribution in [0.2, 0.25) is 0 Å². The number of rotatable bonds is 4. The molecule has 1 aliphatic rings. The summed E-state index contributed by atoms with van der Waals surface area (Å²) in [5, 5.41) is 17.4. The molecule has 1 heterocycles. The normalized spacial score (nSPS) is 19.3. The Bertz CT molecular complexity index is 431. The molecule has 6 heteroatoms. The minimum absolute atomic E-state index is 0.0714. The number of ether oxygens (including phenoxy) is 1. The second kappa shape index (κ2) is 5.68. The molecule has 1 aromatic rings. The third-order valence-corrected chi connectivity index (χ3v) is 3.05. The molecule has 1 atom stereocenters. The lowest BCUT2D eigenvalue weighted by Gasteiger charge is -2.25. The molecule has 18 heavy (non-hydrogen) atoms. The lowest BCUT2D eigenvalue weighted by molar-refractivity contribution is -0.384. The van der Waals surface area contributed by atoms with E-state index in [9.17, 15) is 10.1 Å². The highest BCUT2D eigenvalue weighted by molar-refractivity contribution is 5.62. The first-order chi connectivity index (χ1) is 8.70. The minimum atomic E-state index is -0.399. The van der Waals surface area contributed by atoms with Gasteiger partial charge >= 0.3 is 0 Å². The van der Waals surface area contributed by atoms with Gasteiger partial charge in [-0.05, 0) is 25.5 Å². The molecule has 1 aliphatic heterocycles. The van der Waals surface area contributed by atoms with Crippen molar-refractivity contribution in [1.82, 2.24) is 5.32 Å². The number of anilines is 1. The van der Waals surface area contributed by atoms with Crippen LogP contribution in [0, 0.1) is 10.1 Å². The molecule has 0 bridgehead atoms. The van der Waals surface area contributed by atoms with Gasteiger partial charge in [0.2, 0.25) is 0 Å². The molecule has 1 fully saturated rings. The average Bonchev–Trinajstić information content (AvgIpc) is 2.39. The van der Waals surface area contributed by atoms with E-state index in [-0.39, 0.29) is 11.7 Å². The molecular formula is C12H17N3O3. The van der Waals surface area contributed by atoms with Crippen LogP contribution in [-0.4, -0.2) is 31.2 Å². The molecule has 1 saturated heterocycles. The number of methoxy groups -OCH3 is 1. The average molecular weight is 251 g/mol. The van der Waals surface area contributed by atoms with Gasteiger partial charge in [-0.15, -0.1) is 0 Å². The fourth-order valence-electron chi connectivity index (χ4n) is 2.12. The molecule has 6 nitrogen and oxygen atoms in total. The molecule has 1 aromatic carbocycles. The second-order valence-corrected chi connectivity index (χ2v) is 4.33. The summed E-state index contributed by atoms with van der Waals surface area (Å²) in [4.78, 5) is 10.4. The zero-order valence-corrected chi connectivity index (χ0v) is 10.3. The van der Waals surface area contributed by atoms with E-state index < -0.39 is 4.92 Å². The molecule has 98 valence electrons. The number of benzene rings is 1. The first-order valence-electron chi connectivity index (χ1n) is 6.00. The van der Waals surface area contributed by atoms with Crippen LogP contribution in [0.1, 0.15) is 12.8 Å². The topological polar surface area (TPSA) is 76.4 Å². The number of nitrogens with zero attached hydrogens (tertiary/aromatic N) is 1. The fourth-order valence-corrected chi connectivity index (χ4v) is 2.12. The zero-order valence-electron chi connectivity index (χ0n) is 10.3. The highest BCUT2D eigenvalue weighted by atomic mass is 16.6. The van der Waals surface area contributed by atoms with E-state index in [0.29, 0.717) is 11.4 Å². The SMILES string of the molecule is COc1ccc([N+](=O)[O-])cc1NC1CCCNC1. The van der Waals surface area contributed by atoms with Crippen LogP contribution in [0.25, 0.3) is 0 Å². The zero-order chi connectivity index (χ0) is 13.0. The maximum absolute atomic E-state index is 10.8. The van der Waals surface area contributed by atoms with Crippen molar-refractivity contribution in [2.24, 2.45) is 0 Å². The first kappa shape index (κ1) is 12.6. The smallest absolute Gasteiger partial charge is 0.271 e. The molecule has 1 unspecified atom stereocenters. The van der Waals surface area contributed by atoms with E-state index >= 15 is 0 Å². The second-order valence-electron chi connectivity index (χ2n) is 4.33. The summed E-state index contributed by atoms with van der Waals surface area (Å²) >= 11 is 0. The lowest BCUT2D eigenvalue weighted by atomic mass is 10.1. The summed E-state index contributed by atoms with van der Waals surface area (Å²) in [6.45, 7) is 1.90. The van der Waals surface area contributed by atoms with Crippen LogP contribution >= 0.6 is 0 Å². The van der Waals surface area contributed by atoms with Crippen molar-refractivity contribution in [3.63, 3.8) is 0 Å². The molecule has 0 aliphatic carbocycles. The summed E-state index contributed by atoms with van der Waals surface area (Å²) in [5.74, 6) is 0.631. The number of nitrogens with one attached hydrogen (secondary N) is 2. The molecular weight excluding hydrogens is 234 g/mol. The van der Waals surface area contributed by atoms with Crippen molar-refractivity contribution in [2.45, 2.75) is 18.9 Å². The van der Waals surface area contributed by atoms with Gasteiger partial charge in [-0.3, -0.25) is 10.1 Å². The Labute approximate surface area is 105 Å². The molecule has 0 saturated carbocycles. The van der Waals surface area contributed by atoms with Crippen LogP contribution in [-0.2, 0) is 0 Å².